The molecule has 0 spiro atoms. The minimum absolute atomic E-state index is 0.0216. The van der Waals surface area contributed by atoms with E-state index in [1.807, 2.05) is 0 Å². The fraction of sp³-hybridized carbons (Fsp3) is 0.762. The van der Waals surface area contributed by atoms with Gasteiger partial charge in [-0.1, -0.05) is 13.8 Å². The molecule has 0 bridgehead atoms. The van der Waals surface area contributed by atoms with Crippen molar-refractivity contribution in [3.63, 3.8) is 0 Å². The molecular formula is C21H29NO3. The number of hydrogen-bond acceptors (Lipinski definition) is 4. The maximum atomic E-state index is 13.3. The van der Waals surface area contributed by atoms with Gasteiger partial charge in [-0.05, 0) is 61.9 Å². The largest absolute Gasteiger partial charge is 0.396 e. The fourth-order valence-electron chi connectivity index (χ4n) is 7.25. The second kappa shape index (κ2) is 5.28. The predicted molar refractivity (Wildman–Crippen MR) is 94.4 cm³/mol. The van der Waals surface area contributed by atoms with Crippen LogP contribution in [0.3, 0.4) is 0 Å². The zero-order valence-electron chi connectivity index (χ0n) is 15.6. The van der Waals surface area contributed by atoms with Crippen LogP contribution in [0, 0.1) is 34.5 Å². The quantitative estimate of drug-likeness (QED) is 0.793. The van der Waals surface area contributed by atoms with Crippen molar-refractivity contribution in [1.82, 2.24) is 0 Å². The average Bonchev–Trinajstić information content (AvgIpc) is 2.88. The molecule has 0 aromatic heterocycles. The number of allylic oxidation sites excluding steroid dienone is 1. The number of nitrogens with two attached hydrogens (primary N) is 1. The van der Waals surface area contributed by atoms with Crippen molar-refractivity contribution >= 4 is 17.3 Å². The monoisotopic (exact) mass is 343 g/mol. The summed E-state index contributed by atoms with van der Waals surface area (Å²) in [4.78, 5) is 37.6. The molecule has 3 fully saturated rings. The maximum absolute atomic E-state index is 13.3. The SMILES string of the molecule is CC(=O)[C@H]1CC[C@H]2[C@@H]3CCC4=C(N)C(=O)CC[C@]4(C)[C@H]3C(=O)C[C@]12C. The van der Waals surface area contributed by atoms with Crippen LogP contribution in [-0.4, -0.2) is 17.3 Å². The Kier molecular flexibility index (Phi) is 3.59. The molecule has 4 aliphatic carbocycles. The Morgan fingerprint density at radius 2 is 1.84 bits per heavy atom. The van der Waals surface area contributed by atoms with Crippen molar-refractivity contribution in [2.45, 2.75) is 65.7 Å². The number of Topliss-reactive ketones (excluding diaryl/α,β-unsaturated/α-hetero) is 3. The molecule has 4 nitrogen and oxygen atoms in total. The zero-order chi connectivity index (χ0) is 18.1. The Hall–Kier alpha value is -1.45. The summed E-state index contributed by atoms with van der Waals surface area (Å²) < 4.78 is 0. The third-order valence-corrected chi connectivity index (χ3v) is 8.35. The average molecular weight is 343 g/mol. The molecular weight excluding hydrogens is 314 g/mol. The summed E-state index contributed by atoms with van der Waals surface area (Å²) in [5, 5.41) is 0. The minimum atomic E-state index is -0.256. The van der Waals surface area contributed by atoms with E-state index in [9.17, 15) is 14.4 Å². The van der Waals surface area contributed by atoms with E-state index in [1.54, 1.807) is 6.92 Å². The molecule has 3 saturated carbocycles. The van der Waals surface area contributed by atoms with Crippen molar-refractivity contribution < 1.29 is 14.4 Å². The molecule has 0 aromatic carbocycles. The van der Waals surface area contributed by atoms with Crippen LogP contribution in [0.15, 0.2) is 11.3 Å². The van der Waals surface area contributed by atoms with Crippen molar-refractivity contribution in [2.24, 2.45) is 40.2 Å². The fourth-order valence-corrected chi connectivity index (χ4v) is 7.25. The van der Waals surface area contributed by atoms with Crippen LogP contribution in [-0.2, 0) is 14.4 Å². The summed E-state index contributed by atoms with van der Waals surface area (Å²) in [5.74, 6) is 1.39. The van der Waals surface area contributed by atoms with Crippen LogP contribution in [0.25, 0.3) is 0 Å². The van der Waals surface area contributed by atoms with Gasteiger partial charge in [0.05, 0.1) is 5.70 Å². The summed E-state index contributed by atoms with van der Waals surface area (Å²) in [6.45, 7) is 6.03. The van der Waals surface area contributed by atoms with E-state index in [0.717, 1.165) is 37.7 Å². The lowest BCUT2D eigenvalue weighted by atomic mass is 9.46. The lowest BCUT2D eigenvalue weighted by Crippen LogP contribution is -2.56. The molecule has 0 aromatic rings. The Morgan fingerprint density at radius 3 is 2.52 bits per heavy atom. The number of hydrogen-bond donors (Lipinski definition) is 1. The van der Waals surface area contributed by atoms with E-state index in [-0.39, 0.29) is 34.2 Å². The molecule has 136 valence electrons. The highest BCUT2D eigenvalue weighted by molar-refractivity contribution is 5.97. The van der Waals surface area contributed by atoms with Crippen molar-refractivity contribution in [3.05, 3.63) is 11.3 Å². The maximum Gasteiger partial charge on any atom is 0.178 e. The zero-order valence-corrected chi connectivity index (χ0v) is 15.6. The van der Waals surface area contributed by atoms with E-state index < -0.39 is 0 Å². The number of rotatable bonds is 1. The molecule has 0 unspecified atom stereocenters. The number of fused-ring (bicyclic) bond motifs is 5. The first kappa shape index (κ1) is 17.0. The lowest BCUT2D eigenvalue weighted by Gasteiger charge is -2.57. The molecule has 25 heavy (non-hydrogen) atoms. The van der Waals surface area contributed by atoms with Gasteiger partial charge < -0.3 is 5.73 Å². The van der Waals surface area contributed by atoms with Gasteiger partial charge in [0.2, 0.25) is 0 Å². The second-order valence-electron chi connectivity index (χ2n) is 9.41. The van der Waals surface area contributed by atoms with Gasteiger partial charge in [-0.2, -0.15) is 0 Å². The Bertz CT molecular complexity index is 708. The molecule has 6 atom stereocenters. The third-order valence-electron chi connectivity index (χ3n) is 8.35. The smallest absolute Gasteiger partial charge is 0.178 e. The first-order valence-electron chi connectivity index (χ1n) is 9.75. The van der Waals surface area contributed by atoms with Crippen LogP contribution < -0.4 is 5.73 Å². The Balaban J connectivity index is 1.76. The predicted octanol–water partition coefficient (Wildman–Crippen LogP) is 3.19. The summed E-state index contributed by atoms with van der Waals surface area (Å²) >= 11 is 0. The van der Waals surface area contributed by atoms with E-state index >= 15 is 0 Å². The number of ketones is 3. The topological polar surface area (TPSA) is 77.2 Å². The summed E-state index contributed by atoms with van der Waals surface area (Å²) in [5.41, 5.74) is 7.21. The molecule has 0 saturated heterocycles. The highest BCUT2D eigenvalue weighted by atomic mass is 16.1. The molecule has 0 amide bonds. The van der Waals surface area contributed by atoms with Gasteiger partial charge in [0.1, 0.15) is 11.6 Å². The molecule has 4 rings (SSSR count). The van der Waals surface area contributed by atoms with Crippen molar-refractivity contribution in [3.8, 4) is 0 Å². The molecule has 2 N–H and O–H groups in total. The van der Waals surface area contributed by atoms with Crippen molar-refractivity contribution in [1.29, 1.82) is 0 Å². The Morgan fingerprint density at radius 1 is 1.12 bits per heavy atom. The first-order valence-corrected chi connectivity index (χ1v) is 9.75. The van der Waals surface area contributed by atoms with Crippen LogP contribution in [0.1, 0.15) is 65.7 Å². The highest BCUT2D eigenvalue weighted by Gasteiger charge is 2.63. The van der Waals surface area contributed by atoms with Gasteiger partial charge in [0.25, 0.3) is 0 Å². The van der Waals surface area contributed by atoms with Gasteiger partial charge in [-0.25, -0.2) is 0 Å². The summed E-state index contributed by atoms with van der Waals surface area (Å²) in [6, 6.07) is 0. The Labute approximate surface area is 149 Å². The van der Waals surface area contributed by atoms with Gasteiger partial charge in [-0.15, -0.1) is 0 Å². The lowest BCUT2D eigenvalue weighted by molar-refractivity contribution is -0.148. The molecule has 4 heteroatoms. The van der Waals surface area contributed by atoms with E-state index in [0.29, 0.717) is 36.2 Å². The molecule has 4 aliphatic rings. The number of carbonyl (C=O) groups is 3. The van der Waals surface area contributed by atoms with Crippen molar-refractivity contribution in [2.75, 3.05) is 0 Å². The number of carbonyl (C=O) groups excluding carboxylic acids is 3. The third kappa shape index (κ3) is 2.09. The standard InChI is InChI=1S/C21H29NO3/c1-11(23)13-6-7-14-12-4-5-15-19(22)16(24)8-9-20(15,2)18(12)17(25)10-21(13,14)3/h12-14,18H,4-10,22H2,1-3H3/t12-,13+,14-,18+,20-,21+/m0/s1. The van der Waals surface area contributed by atoms with Crippen LogP contribution >= 0.6 is 0 Å². The summed E-state index contributed by atoms with van der Waals surface area (Å²) in [7, 11) is 0. The van der Waals surface area contributed by atoms with Gasteiger partial charge in [0.15, 0.2) is 5.78 Å². The molecule has 0 radical (unpaired) electrons. The molecule has 0 heterocycles. The minimum Gasteiger partial charge on any atom is -0.396 e. The van der Waals surface area contributed by atoms with E-state index in [2.05, 4.69) is 13.8 Å². The van der Waals surface area contributed by atoms with Gasteiger partial charge >= 0.3 is 0 Å². The summed E-state index contributed by atoms with van der Waals surface area (Å²) in [6.07, 6.45) is 5.46. The van der Waals surface area contributed by atoms with Gasteiger partial charge in [0, 0.05) is 30.1 Å². The van der Waals surface area contributed by atoms with E-state index in [4.69, 9.17) is 5.73 Å². The van der Waals surface area contributed by atoms with Gasteiger partial charge in [-0.3, -0.25) is 14.4 Å². The first-order chi connectivity index (χ1) is 11.7. The van der Waals surface area contributed by atoms with Crippen LogP contribution in [0.2, 0.25) is 0 Å². The highest BCUT2D eigenvalue weighted by Crippen LogP contribution is 2.65. The van der Waals surface area contributed by atoms with Crippen LogP contribution in [0.4, 0.5) is 0 Å². The normalized spacial score (nSPS) is 46.5. The van der Waals surface area contributed by atoms with E-state index in [1.165, 1.54) is 0 Å². The second-order valence-corrected chi connectivity index (χ2v) is 9.41. The molecule has 0 aliphatic heterocycles. The van der Waals surface area contributed by atoms with Crippen LogP contribution in [0.5, 0.6) is 0 Å².